The van der Waals surface area contributed by atoms with Gasteiger partial charge < -0.3 is 0 Å². The number of thiophene rings is 2. The molecule has 3 aromatic heterocycles. The number of halogens is 1. The largest absolute Gasteiger partial charge is 0.289 e. The molecule has 0 saturated carbocycles. The Bertz CT molecular complexity index is 1310. The van der Waals surface area contributed by atoms with Gasteiger partial charge in [-0.3, -0.25) is 14.2 Å². The van der Waals surface area contributed by atoms with Gasteiger partial charge in [0.2, 0.25) is 0 Å². The van der Waals surface area contributed by atoms with E-state index in [1.165, 1.54) is 15.9 Å². The van der Waals surface area contributed by atoms with Gasteiger partial charge in [-0.2, -0.15) is 5.10 Å². The van der Waals surface area contributed by atoms with Crippen LogP contribution in [-0.2, 0) is 11.3 Å². The van der Waals surface area contributed by atoms with Crippen LogP contribution in [-0.4, -0.2) is 26.2 Å². The van der Waals surface area contributed by atoms with Gasteiger partial charge in [-0.25, -0.2) is 9.99 Å². The van der Waals surface area contributed by atoms with Gasteiger partial charge in [0.25, 0.3) is 11.5 Å². The van der Waals surface area contributed by atoms with Crippen LogP contribution >= 0.6 is 34.3 Å². The molecule has 5 rings (SSSR count). The Hall–Kier alpha value is -2.81. The Kier molecular flexibility index (Phi) is 4.98. The number of rotatable bonds is 4. The fourth-order valence-electron chi connectivity index (χ4n) is 3.50. The summed E-state index contributed by atoms with van der Waals surface area (Å²) >= 11 is 9.22. The van der Waals surface area contributed by atoms with Crippen molar-refractivity contribution in [1.29, 1.82) is 0 Å². The van der Waals surface area contributed by atoms with Crippen molar-refractivity contribution in [2.24, 2.45) is 5.10 Å². The summed E-state index contributed by atoms with van der Waals surface area (Å²) < 4.78 is 1.31. The minimum absolute atomic E-state index is 0.141. The lowest BCUT2D eigenvalue weighted by atomic mass is 10.1. The van der Waals surface area contributed by atoms with Gasteiger partial charge in [-0.05, 0) is 41.1 Å². The van der Waals surface area contributed by atoms with Gasteiger partial charge in [0.15, 0.2) is 0 Å². The number of hydrogen-bond donors (Lipinski definition) is 0. The maximum atomic E-state index is 13.2. The highest BCUT2D eigenvalue weighted by Gasteiger charge is 2.34. The van der Waals surface area contributed by atoms with Crippen molar-refractivity contribution < 1.29 is 4.79 Å². The summed E-state index contributed by atoms with van der Waals surface area (Å²) in [6.45, 7) is -0.141. The molecule has 4 heterocycles. The van der Waals surface area contributed by atoms with Crippen LogP contribution in [0.4, 0.5) is 0 Å². The highest BCUT2D eigenvalue weighted by Crippen LogP contribution is 2.36. The van der Waals surface area contributed by atoms with Gasteiger partial charge in [0.05, 0.1) is 33.9 Å². The first kappa shape index (κ1) is 19.2. The van der Waals surface area contributed by atoms with Gasteiger partial charge in [-0.1, -0.05) is 23.7 Å². The number of amides is 1. The SMILES string of the molecule is O=C(Cn1cnc2ccc(Cl)cc2c1=O)N1N=C(c2cccs2)CC1c1cccs1. The first-order valence-electron chi connectivity index (χ1n) is 9.21. The van der Waals surface area contributed by atoms with Gasteiger partial charge >= 0.3 is 0 Å². The fourth-order valence-corrected chi connectivity index (χ4v) is 5.20. The summed E-state index contributed by atoms with van der Waals surface area (Å²) in [6, 6.07) is 12.7. The Morgan fingerprint density at radius 1 is 1.17 bits per heavy atom. The molecule has 1 aliphatic heterocycles. The normalized spacial score (nSPS) is 16.2. The lowest BCUT2D eigenvalue weighted by Crippen LogP contribution is -2.33. The van der Waals surface area contributed by atoms with E-state index in [9.17, 15) is 9.59 Å². The van der Waals surface area contributed by atoms with E-state index < -0.39 is 0 Å². The van der Waals surface area contributed by atoms with E-state index in [-0.39, 0.29) is 24.1 Å². The predicted molar refractivity (Wildman–Crippen MR) is 120 cm³/mol. The molecule has 9 heteroatoms. The number of benzene rings is 1. The van der Waals surface area contributed by atoms with Crippen LogP contribution < -0.4 is 5.56 Å². The van der Waals surface area contributed by atoms with Crippen LogP contribution in [0.5, 0.6) is 0 Å². The molecule has 0 spiro atoms. The number of nitrogens with zero attached hydrogens (tertiary/aromatic N) is 4. The molecule has 0 fully saturated rings. The van der Waals surface area contributed by atoms with E-state index in [1.807, 2.05) is 35.0 Å². The Morgan fingerprint density at radius 2 is 2.00 bits per heavy atom. The molecular formula is C21H15ClN4O2S2. The zero-order valence-corrected chi connectivity index (χ0v) is 18.0. The average molecular weight is 455 g/mol. The van der Waals surface area contributed by atoms with E-state index in [0.29, 0.717) is 22.3 Å². The molecule has 150 valence electrons. The maximum Gasteiger partial charge on any atom is 0.263 e. The maximum absolute atomic E-state index is 13.2. The molecule has 1 atom stereocenters. The molecule has 1 amide bonds. The second-order valence-electron chi connectivity index (χ2n) is 6.84. The van der Waals surface area contributed by atoms with Gasteiger partial charge in [0, 0.05) is 16.3 Å². The molecule has 0 saturated heterocycles. The number of carbonyl (C=O) groups excluding carboxylic acids is 1. The minimum Gasteiger partial charge on any atom is -0.289 e. The third-order valence-corrected chi connectivity index (χ3v) is 7.06. The number of hydrazone groups is 1. The summed E-state index contributed by atoms with van der Waals surface area (Å²) in [4.78, 5) is 32.5. The molecule has 0 bridgehead atoms. The van der Waals surface area contributed by atoms with Crippen molar-refractivity contribution in [1.82, 2.24) is 14.6 Å². The predicted octanol–water partition coefficient (Wildman–Crippen LogP) is 4.55. The zero-order valence-electron chi connectivity index (χ0n) is 15.6. The topological polar surface area (TPSA) is 67.6 Å². The van der Waals surface area contributed by atoms with Crippen LogP contribution in [0, 0.1) is 0 Å². The Balaban J connectivity index is 1.48. The molecule has 1 unspecified atom stereocenters. The smallest absolute Gasteiger partial charge is 0.263 e. The van der Waals surface area contributed by atoms with Gasteiger partial charge in [-0.15, -0.1) is 22.7 Å². The molecule has 0 aliphatic carbocycles. The van der Waals surface area contributed by atoms with E-state index >= 15 is 0 Å². The molecule has 0 N–H and O–H groups in total. The Labute approximate surface area is 184 Å². The second kappa shape index (κ2) is 7.79. The summed E-state index contributed by atoms with van der Waals surface area (Å²) in [6.07, 6.45) is 2.05. The monoisotopic (exact) mass is 454 g/mol. The van der Waals surface area contributed by atoms with E-state index in [2.05, 4.69) is 10.1 Å². The van der Waals surface area contributed by atoms with Crippen molar-refractivity contribution in [2.45, 2.75) is 19.0 Å². The summed E-state index contributed by atoms with van der Waals surface area (Å²) in [5, 5.41) is 11.0. The standard InChI is InChI=1S/C21H15ClN4O2S2/c22-13-5-6-15-14(9-13)21(28)25(12-23-15)11-20(27)26-17(19-4-2-8-30-19)10-16(24-26)18-3-1-7-29-18/h1-9,12,17H,10-11H2. The first-order valence-corrected chi connectivity index (χ1v) is 11.4. The third kappa shape index (κ3) is 3.47. The highest BCUT2D eigenvalue weighted by atomic mass is 35.5. The van der Waals surface area contributed by atoms with Crippen molar-refractivity contribution >= 4 is 56.8 Å². The highest BCUT2D eigenvalue weighted by molar-refractivity contribution is 7.12. The molecule has 1 aromatic carbocycles. The second-order valence-corrected chi connectivity index (χ2v) is 9.20. The van der Waals surface area contributed by atoms with Crippen LogP contribution in [0.2, 0.25) is 5.02 Å². The van der Waals surface area contributed by atoms with E-state index in [4.69, 9.17) is 11.6 Å². The van der Waals surface area contributed by atoms with Crippen molar-refractivity contribution in [3.05, 3.63) is 84.7 Å². The van der Waals surface area contributed by atoms with Crippen LogP contribution in [0.1, 0.15) is 22.2 Å². The summed E-state index contributed by atoms with van der Waals surface area (Å²) in [7, 11) is 0. The third-order valence-electron chi connectivity index (χ3n) is 4.93. The number of fused-ring (bicyclic) bond motifs is 1. The van der Waals surface area contributed by atoms with Gasteiger partial charge in [0.1, 0.15) is 6.54 Å². The zero-order chi connectivity index (χ0) is 20.7. The number of hydrogen-bond acceptors (Lipinski definition) is 6. The molecule has 1 aliphatic rings. The quantitative estimate of drug-likeness (QED) is 0.454. The first-order chi connectivity index (χ1) is 14.6. The lowest BCUT2D eigenvalue weighted by molar-refractivity contribution is -0.133. The molecule has 6 nitrogen and oxygen atoms in total. The summed E-state index contributed by atoms with van der Waals surface area (Å²) in [5.41, 5.74) is 1.13. The van der Waals surface area contributed by atoms with E-state index in [1.54, 1.807) is 40.9 Å². The van der Waals surface area contributed by atoms with Crippen LogP contribution in [0.3, 0.4) is 0 Å². The van der Waals surface area contributed by atoms with Crippen molar-refractivity contribution in [3.8, 4) is 0 Å². The van der Waals surface area contributed by atoms with Crippen molar-refractivity contribution in [2.75, 3.05) is 0 Å². The van der Waals surface area contributed by atoms with Crippen LogP contribution in [0.25, 0.3) is 10.9 Å². The average Bonchev–Trinajstić information content (AvgIpc) is 3.50. The van der Waals surface area contributed by atoms with Crippen LogP contribution in [0.15, 0.2) is 69.4 Å². The number of aromatic nitrogens is 2. The van der Waals surface area contributed by atoms with Crippen molar-refractivity contribution in [3.63, 3.8) is 0 Å². The molecule has 4 aromatic rings. The lowest BCUT2D eigenvalue weighted by Gasteiger charge is -2.21. The minimum atomic E-state index is -0.301. The Morgan fingerprint density at radius 3 is 2.77 bits per heavy atom. The fraction of sp³-hybridized carbons (Fsp3) is 0.143. The molecule has 30 heavy (non-hydrogen) atoms. The summed E-state index contributed by atoms with van der Waals surface area (Å²) in [5.74, 6) is -0.259. The molecule has 0 radical (unpaired) electrons. The van der Waals surface area contributed by atoms with E-state index in [0.717, 1.165) is 15.5 Å². The molecular weight excluding hydrogens is 440 g/mol. The number of carbonyl (C=O) groups is 1.